The maximum Gasteiger partial charge on any atom is 0.160 e. The average molecular weight is 717 g/mol. The lowest BCUT2D eigenvalue weighted by molar-refractivity contribution is 0.353. The summed E-state index contributed by atoms with van der Waals surface area (Å²) in [6, 6.07) is 66.4. The zero-order chi connectivity index (χ0) is 37.1. The number of rotatable bonds is 5. The molecule has 11 rings (SSSR count). The van der Waals surface area contributed by atoms with Gasteiger partial charge in [-0.1, -0.05) is 165 Å². The van der Waals surface area contributed by atoms with Gasteiger partial charge in [0.2, 0.25) is 0 Å². The third kappa shape index (κ3) is 5.47. The summed E-state index contributed by atoms with van der Waals surface area (Å²) in [6.07, 6.45) is 6.36. The first-order valence-electron chi connectivity index (χ1n) is 20.0. The van der Waals surface area contributed by atoms with E-state index in [1.165, 1.54) is 98.2 Å². The molecule has 8 aromatic carbocycles. The van der Waals surface area contributed by atoms with Crippen LogP contribution in [0.15, 0.2) is 182 Å². The van der Waals surface area contributed by atoms with E-state index >= 15 is 0 Å². The molecule has 1 spiro atoms. The fourth-order valence-corrected chi connectivity index (χ4v) is 9.68. The summed E-state index contributed by atoms with van der Waals surface area (Å²) in [5, 5.41) is 5.08. The Morgan fingerprint density at radius 3 is 1.66 bits per heavy atom. The Morgan fingerprint density at radius 2 is 0.911 bits per heavy atom. The monoisotopic (exact) mass is 716 g/mol. The molecule has 2 nitrogen and oxygen atoms in total. The molecule has 9 aromatic rings. The number of hydrogen-bond acceptors (Lipinski definition) is 2. The van der Waals surface area contributed by atoms with Crippen LogP contribution in [0, 0.1) is 0 Å². The summed E-state index contributed by atoms with van der Waals surface area (Å²) < 4.78 is 0. The third-order valence-electron chi connectivity index (χ3n) is 12.4. The highest BCUT2D eigenvalue weighted by Crippen LogP contribution is 2.58. The zero-order valence-electron chi connectivity index (χ0n) is 31.3. The summed E-state index contributed by atoms with van der Waals surface area (Å²) in [4.78, 5) is 10.3. The average Bonchev–Trinajstić information content (AvgIpc) is 3.53. The molecule has 0 amide bonds. The van der Waals surface area contributed by atoms with E-state index in [-0.39, 0.29) is 5.41 Å². The molecular formula is C54H40N2. The quantitative estimate of drug-likeness (QED) is 0.177. The molecule has 0 N–H and O–H groups in total. The van der Waals surface area contributed by atoms with Crippen molar-refractivity contribution in [1.29, 1.82) is 0 Å². The van der Waals surface area contributed by atoms with Crippen LogP contribution in [0.5, 0.6) is 0 Å². The Morgan fingerprint density at radius 1 is 0.339 bits per heavy atom. The van der Waals surface area contributed by atoms with Gasteiger partial charge in [-0.15, -0.1) is 0 Å². The van der Waals surface area contributed by atoms with E-state index in [2.05, 4.69) is 164 Å². The molecule has 0 unspecified atom stereocenters. The van der Waals surface area contributed by atoms with E-state index < -0.39 is 0 Å². The Balaban J connectivity index is 1.01. The largest absolute Gasteiger partial charge is 0.228 e. The summed E-state index contributed by atoms with van der Waals surface area (Å²) >= 11 is 0. The molecule has 0 saturated heterocycles. The normalized spacial score (nSPS) is 14.2. The molecule has 0 radical (unpaired) electrons. The molecule has 1 aromatic heterocycles. The predicted molar refractivity (Wildman–Crippen MR) is 234 cm³/mol. The minimum absolute atomic E-state index is 0.104. The lowest BCUT2D eigenvalue weighted by Gasteiger charge is -2.36. The molecule has 2 aliphatic rings. The van der Waals surface area contributed by atoms with Gasteiger partial charge >= 0.3 is 0 Å². The van der Waals surface area contributed by atoms with Crippen LogP contribution in [-0.2, 0) is 5.41 Å². The van der Waals surface area contributed by atoms with Crippen LogP contribution in [-0.4, -0.2) is 9.97 Å². The fraction of sp³-hybridized carbons (Fsp3) is 0.111. The van der Waals surface area contributed by atoms with Gasteiger partial charge in [-0.3, -0.25) is 0 Å². The molecule has 56 heavy (non-hydrogen) atoms. The van der Waals surface area contributed by atoms with Gasteiger partial charge in [0.15, 0.2) is 5.82 Å². The van der Waals surface area contributed by atoms with E-state index in [1.807, 2.05) is 18.2 Å². The maximum atomic E-state index is 5.16. The van der Waals surface area contributed by atoms with Crippen LogP contribution in [0.25, 0.3) is 88.8 Å². The molecule has 0 atom stereocenters. The van der Waals surface area contributed by atoms with Gasteiger partial charge in [0.1, 0.15) is 0 Å². The molecule has 0 bridgehead atoms. The second-order valence-corrected chi connectivity index (χ2v) is 15.7. The third-order valence-corrected chi connectivity index (χ3v) is 12.4. The van der Waals surface area contributed by atoms with E-state index in [0.717, 1.165) is 33.9 Å². The van der Waals surface area contributed by atoms with Gasteiger partial charge in [0, 0.05) is 22.1 Å². The lowest BCUT2D eigenvalue weighted by Crippen LogP contribution is -2.28. The summed E-state index contributed by atoms with van der Waals surface area (Å²) in [6.45, 7) is 0. The SMILES string of the molecule is c1ccc(-c2cccc(-c3cc(-c4ccc5cc(-c6cccc7c6-c6cc8ccccc8cc6C76CCCCC6)ccc5c4)nc(-c4ccccc4)n3)c2)cc1. The Bertz CT molecular complexity index is 2940. The number of hydrogen-bond donors (Lipinski definition) is 0. The first kappa shape index (κ1) is 32.8. The Kier molecular flexibility index (Phi) is 7.77. The first-order valence-corrected chi connectivity index (χ1v) is 20.0. The van der Waals surface area contributed by atoms with Crippen LogP contribution in [0.2, 0.25) is 0 Å². The van der Waals surface area contributed by atoms with Crippen LogP contribution < -0.4 is 0 Å². The van der Waals surface area contributed by atoms with Crippen molar-refractivity contribution < 1.29 is 0 Å². The second kappa shape index (κ2) is 13.3. The highest BCUT2D eigenvalue weighted by atomic mass is 14.9. The van der Waals surface area contributed by atoms with Crippen LogP contribution >= 0.6 is 0 Å². The van der Waals surface area contributed by atoms with Crippen LogP contribution in [0.4, 0.5) is 0 Å². The van der Waals surface area contributed by atoms with Crippen molar-refractivity contribution >= 4 is 21.5 Å². The van der Waals surface area contributed by atoms with Crippen molar-refractivity contribution in [2.75, 3.05) is 0 Å². The maximum absolute atomic E-state index is 5.16. The number of fused-ring (bicyclic) bond motifs is 7. The van der Waals surface area contributed by atoms with E-state index in [9.17, 15) is 0 Å². The summed E-state index contributed by atoms with van der Waals surface area (Å²) in [5.74, 6) is 0.723. The fourth-order valence-electron chi connectivity index (χ4n) is 9.68. The Hall–Kier alpha value is -6.64. The van der Waals surface area contributed by atoms with Crippen LogP contribution in [0.1, 0.15) is 43.2 Å². The summed E-state index contributed by atoms with van der Waals surface area (Å²) in [5.41, 5.74) is 15.9. The van der Waals surface area contributed by atoms with Crippen molar-refractivity contribution in [2.45, 2.75) is 37.5 Å². The molecule has 0 aliphatic heterocycles. The second-order valence-electron chi connectivity index (χ2n) is 15.7. The predicted octanol–water partition coefficient (Wildman–Crippen LogP) is 14.3. The van der Waals surface area contributed by atoms with Crippen molar-refractivity contribution in [3.63, 3.8) is 0 Å². The van der Waals surface area contributed by atoms with Crippen molar-refractivity contribution in [2.24, 2.45) is 0 Å². The molecule has 2 heteroatoms. The van der Waals surface area contributed by atoms with E-state index in [4.69, 9.17) is 9.97 Å². The number of aromatic nitrogens is 2. The van der Waals surface area contributed by atoms with Gasteiger partial charge in [-0.05, 0) is 115 Å². The summed E-state index contributed by atoms with van der Waals surface area (Å²) in [7, 11) is 0. The molecule has 266 valence electrons. The standard InChI is InChI=1S/C54H40N2/c1-4-14-36(15-5-1)38-20-12-21-44(31-38)50-35-51(56-53(55-50)37-16-6-2-7-17-37)45-27-25-41-30-43(26-24-42(41)32-45)46-22-13-23-48-52(46)47-33-39-18-8-9-19-40(39)34-49(47)54(48)28-10-3-11-29-54/h1-2,4-9,12-27,30-35H,3,10-11,28-29H2. The molecule has 1 fully saturated rings. The van der Waals surface area contributed by atoms with Gasteiger partial charge < -0.3 is 0 Å². The molecule has 1 heterocycles. The molecule has 2 aliphatic carbocycles. The van der Waals surface area contributed by atoms with Gasteiger partial charge in [-0.25, -0.2) is 9.97 Å². The first-order chi connectivity index (χ1) is 27.7. The minimum Gasteiger partial charge on any atom is -0.228 e. The van der Waals surface area contributed by atoms with Gasteiger partial charge in [0.25, 0.3) is 0 Å². The Labute approximate surface area is 328 Å². The highest BCUT2D eigenvalue weighted by Gasteiger charge is 2.44. The van der Waals surface area contributed by atoms with Crippen molar-refractivity contribution in [3.8, 4) is 67.3 Å². The van der Waals surface area contributed by atoms with Crippen LogP contribution in [0.3, 0.4) is 0 Å². The van der Waals surface area contributed by atoms with E-state index in [0.29, 0.717) is 0 Å². The lowest BCUT2D eigenvalue weighted by atomic mass is 9.67. The number of nitrogens with zero attached hydrogens (tertiary/aromatic N) is 2. The topological polar surface area (TPSA) is 25.8 Å². The van der Waals surface area contributed by atoms with E-state index in [1.54, 1.807) is 0 Å². The zero-order valence-corrected chi connectivity index (χ0v) is 31.3. The smallest absolute Gasteiger partial charge is 0.160 e. The van der Waals surface area contributed by atoms with Crippen molar-refractivity contribution in [3.05, 3.63) is 193 Å². The number of benzene rings is 8. The molecule has 1 saturated carbocycles. The minimum atomic E-state index is 0.104. The highest BCUT2D eigenvalue weighted by molar-refractivity contribution is 6.00. The van der Waals surface area contributed by atoms with Gasteiger partial charge in [-0.2, -0.15) is 0 Å². The molecular weight excluding hydrogens is 677 g/mol. The van der Waals surface area contributed by atoms with Crippen molar-refractivity contribution in [1.82, 2.24) is 9.97 Å². The van der Waals surface area contributed by atoms with Gasteiger partial charge in [0.05, 0.1) is 11.4 Å².